The van der Waals surface area contributed by atoms with Gasteiger partial charge in [0.05, 0.1) is 28.3 Å². The van der Waals surface area contributed by atoms with Gasteiger partial charge in [-0.15, -0.1) is 10.2 Å². The number of benzene rings is 1. The Kier molecular flexibility index (Phi) is 5.99. The van der Waals surface area contributed by atoms with Crippen molar-refractivity contribution in [3.05, 3.63) is 71.3 Å². The molecule has 0 aliphatic heterocycles. The highest BCUT2D eigenvalue weighted by atomic mass is 35.5. The average Bonchev–Trinajstić information content (AvgIpc) is 3.35. The number of amides is 1. The van der Waals surface area contributed by atoms with Crippen LogP contribution in [0.15, 0.2) is 49.2 Å². The second-order valence-electron chi connectivity index (χ2n) is 8.41. The van der Waals surface area contributed by atoms with Crippen molar-refractivity contribution in [3.8, 4) is 17.2 Å². The van der Waals surface area contributed by atoms with Crippen molar-refractivity contribution in [2.24, 2.45) is 0 Å². The number of pyridine rings is 1. The van der Waals surface area contributed by atoms with Gasteiger partial charge in [0.15, 0.2) is 5.82 Å². The second kappa shape index (κ2) is 9.01. The van der Waals surface area contributed by atoms with Crippen LogP contribution in [0, 0.1) is 5.82 Å². The van der Waals surface area contributed by atoms with Gasteiger partial charge in [0.25, 0.3) is 5.91 Å². The molecule has 0 spiro atoms. The lowest BCUT2D eigenvalue weighted by Gasteiger charge is -2.18. The summed E-state index contributed by atoms with van der Waals surface area (Å²) in [5, 5.41) is 9.88. The number of nitrogens with zero attached hydrogens (tertiary/aromatic N) is 6. The minimum absolute atomic E-state index is 0.0127. The Morgan fingerprint density at radius 2 is 2.00 bits per heavy atom. The summed E-state index contributed by atoms with van der Waals surface area (Å²) >= 11 is 6.23. The van der Waals surface area contributed by atoms with E-state index in [2.05, 4.69) is 25.5 Å². The summed E-state index contributed by atoms with van der Waals surface area (Å²) in [5.41, 5.74) is 1.02. The maximum atomic E-state index is 14.7. The van der Waals surface area contributed by atoms with Crippen LogP contribution >= 0.6 is 11.6 Å². The Hall–Kier alpha value is -3.80. The molecule has 1 unspecified atom stereocenters. The highest BCUT2D eigenvalue weighted by molar-refractivity contribution is 6.32. The van der Waals surface area contributed by atoms with Crippen molar-refractivity contribution in [1.82, 2.24) is 29.3 Å². The molecule has 1 aliphatic rings. The number of hydrogen-bond donors (Lipinski definition) is 1. The van der Waals surface area contributed by atoms with Crippen molar-refractivity contribution in [1.29, 1.82) is 0 Å². The second-order valence-corrected chi connectivity index (χ2v) is 8.81. The lowest BCUT2D eigenvalue weighted by atomic mass is 10.1. The van der Waals surface area contributed by atoms with Gasteiger partial charge in [0.1, 0.15) is 29.7 Å². The third-order valence-corrected chi connectivity index (χ3v) is 6.14. The van der Waals surface area contributed by atoms with E-state index < -0.39 is 23.9 Å². The fourth-order valence-corrected chi connectivity index (χ4v) is 3.90. The van der Waals surface area contributed by atoms with Crippen LogP contribution in [0.2, 0.25) is 5.02 Å². The van der Waals surface area contributed by atoms with Gasteiger partial charge in [-0.05, 0) is 44.0 Å². The van der Waals surface area contributed by atoms with Crippen LogP contribution in [0.3, 0.4) is 0 Å². The van der Waals surface area contributed by atoms with E-state index in [0.717, 1.165) is 42.4 Å². The molecule has 13 heteroatoms. The lowest BCUT2D eigenvalue weighted by Crippen LogP contribution is -2.24. The molecule has 3 heterocycles. The van der Waals surface area contributed by atoms with E-state index in [9.17, 15) is 22.4 Å². The number of halogens is 5. The molecular formula is C23H18ClF4N7O. The molecule has 1 atom stereocenters. The first kappa shape index (κ1) is 23.9. The molecule has 8 nitrogen and oxygen atoms in total. The zero-order valence-electron chi connectivity index (χ0n) is 18.7. The van der Waals surface area contributed by atoms with Gasteiger partial charge in [-0.3, -0.25) is 4.79 Å². The normalized spacial score (nSPS) is 14.6. The van der Waals surface area contributed by atoms with E-state index in [1.54, 1.807) is 17.1 Å². The number of carbonyl (C=O) groups excluding carboxylic acids is 1. The number of carbonyl (C=O) groups is 1. The Labute approximate surface area is 207 Å². The van der Waals surface area contributed by atoms with Crippen molar-refractivity contribution in [2.75, 3.05) is 5.32 Å². The maximum absolute atomic E-state index is 14.7. The van der Waals surface area contributed by atoms with Crippen LogP contribution in [0.5, 0.6) is 0 Å². The van der Waals surface area contributed by atoms with Gasteiger partial charge in [0.2, 0.25) is 0 Å². The van der Waals surface area contributed by atoms with Crippen LogP contribution in [-0.4, -0.2) is 41.4 Å². The van der Waals surface area contributed by atoms with E-state index in [1.807, 2.05) is 0 Å². The molecule has 36 heavy (non-hydrogen) atoms. The molecule has 1 aliphatic carbocycles. The Balaban J connectivity index is 1.41. The predicted molar refractivity (Wildman–Crippen MR) is 122 cm³/mol. The highest BCUT2D eigenvalue weighted by Gasteiger charge is 2.38. The molecule has 1 saturated carbocycles. The predicted octanol–water partition coefficient (Wildman–Crippen LogP) is 5.57. The molecule has 4 aromatic rings. The van der Waals surface area contributed by atoms with Gasteiger partial charge in [-0.2, -0.15) is 13.2 Å². The van der Waals surface area contributed by atoms with Crippen molar-refractivity contribution in [3.63, 3.8) is 0 Å². The minimum atomic E-state index is -4.53. The van der Waals surface area contributed by atoms with Gasteiger partial charge in [-0.1, -0.05) is 17.7 Å². The molecule has 0 bridgehead atoms. The quantitative estimate of drug-likeness (QED) is 0.336. The minimum Gasteiger partial charge on any atom is -0.306 e. The fraction of sp³-hybridized carbons (Fsp3) is 0.261. The number of rotatable bonds is 6. The number of anilines is 1. The van der Waals surface area contributed by atoms with Crippen molar-refractivity contribution in [2.45, 2.75) is 37.9 Å². The largest absolute Gasteiger partial charge is 0.408 e. The monoisotopic (exact) mass is 519 g/mol. The zero-order chi connectivity index (χ0) is 25.6. The third-order valence-electron chi connectivity index (χ3n) is 5.84. The zero-order valence-corrected chi connectivity index (χ0v) is 19.4. The Morgan fingerprint density at radius 1 is 1.22 bits per heavy atom. The fourth-order valence-electron chi connectivity index (χ4n) is 3.65. The highest BCUT2D eigenvalue weighted by Crippen LogP contribution is 2.39. The van der Waals surface area contributed by atoms with Crippen LogP contribution < -0.4 is 5.32 Å². The van der Waals surface area contributed by atoms with E-state index >= 15 is 0 Å². The van der Waals surface area contributed by atoms with Gasteiger partial charge >= 0.3 is 6.18 Å². The molecule has 1 fully saturated rings. The Bertz CT molecular complexity index is 1440. The standard InChI is InChI=1S/C23H18ClF4N7O/c1-12(23(26,27)28)35-11-30-33-21(35)17-3-2-4-20(31-17)32-22(36)14-7-19(15(24)8-16(14)25)34-9-18(29-10-34)13-5-6-13/h2-4,7-13H,5-6H2,1H3,(H,31,32,36). The van der Waals surface area contributed by atoms with Crippen LogP contribution in [0.1, 0.15) is 47.8 Å². The summed E-state index contributed by atoms with van der Waals surface area (Å²) in [4.78, 5) is 21.4. The van der Waals surface area contributed by atoms with Gasteiger partial charge < -0.3 is 14.5 Å². The van der Waals surface area contributed by atoms with Crippen LogP contribution in [0.25, 0.3) is 17.2 Å². The first-order valence-corrected chi connectivity index (χ1v) is 11.3. The molecule has 1 N–H and O–H groups in total. The average molecular weight is 520 g/mol. The number of alkyl halides is 3. The summed E-state index contributed by atoms with van der Waals surface area (Å²) in [6.07, 6.45) is 1.88. The molecule has 186 valence electrons. The summed E-state index contributed by atoms with van der Waals surface area (Å²) in [7, 11) is 0. The molecule has 3 aromatic heterocycles. The lowest BCUT2D eigenvalue weighted by molar-refractivity contribution is -0.162. The van der Waals surface area contributed by atoms with E-state index in [-0.39, 0.29) is 27.9 Å². The molecular weight excluding hydrogens is 502 g/mol. The first-order chi connectivity index (χ1) is 17.1. The molecule has 0 saturated heterocycles. The third kappa shape index (κ3) is 4.68. The molecule has 1 aromatic carbocycles. The maximum Gasteiger partial charge on any atom is 0.408 e. The summed E-state index contributed by atoms with van der Waals surface area (Å²) < 4.78 is 56.8. The summed E-state index contributed by atoms with van der Waals surface area (Å²) in [6.45, 7) is 0.966. The van der Waals surface area contributed by atoms with Crippen molar-refractivity contribution >= 4 is 23.3 Å². The smallest absolute Gasteiger partial charge is 0.306 e. The summed E-state index contributed by atoms with van der Waals surface area (Å²) in [6, 6.07) is 4.76. The van der Waals surface area contributed by atoms with Gasteiger partial charge in [0, 0.05) is 12.1 Å². The number of nitrogens with one attached hydrogen (secondary N) is 1. The summed E-state index contributed by atoms with van der Waals surface area (Å²) in [5.74, 6) is -1.42. The van der Waals surface area contributed by atoms with Gasteiger partial charge in [-0.25, -0.2) is 14.4 Å². The van der Waals surface area contributed by atoms with E-state index in [4.69, 9.17) is 11.6 Å². The van der Waals surface area contributed by atoms with E-state index in [0.29, 0.717) is 11.6 Å². The van der Waals surface area contributed by atoms with E-state index in [1.165, 1.54) is 24.3 Å². The van der Waals surface area contributed by atoms with Crippen LogP contribution in [0.4, 0.5) is 23.4 Å². The SMILES string of the molecule is CC(n1cnnc1-c1cccc(NC(=O)c2cc(-n3cnc(C4CC4)c3)c(Cl)cc2F)n1)C(F)(F)F. The number of aromatic nitrogens is 6. The number of hydrogen-bond acceptors (Lipinski definition) is 5. The molecule has 5 rings (SSSR count). The molecule has 1 amide bonds. The number of imidazole rings is 1. The molecule has 0 radical (unpaired) electrons. The van der Waals surface area contributed by atoms with Crippen LogP contribution in [-0.2, 0) is 0 Å². The Morgan fingerprint density at radius 3 is 2.72 bits per heavy atom. The first-order valence-electron chi connectivity index (χ1n) is 10.9. The topological polar surface area (TPSA) is 90.5 Å². The van der Waals surface area contributed by atoms with Crippen molar-refractivity contribution < 1.29 is 22.4 Å².